The molecule has 3 aromatic rings. The molecular formula is C17H11N2O6P. The first-order valence-electron chi connectivity index (χ1n) is 7.78. The van der Waals surface area contributed by atoms with E-state index in [2.05, 4.69) is 0 Å². The Bertz CT molecular complexity index is 1150. The molecule has 9 heteroatoms. The molecule has 0 amide bonds. The number of hydrogen-bond acceptors (Lipinski definition) is 6. The molecule has 0 radical (unpaired) electrons. The van der Waals surface area contributed by atoms with Crippen molar-refractivity contribution in [3.63, 3.8) is 0 Å². The van der Waals surface area contributed by atoms with Crippen LogP contribution in [0.25, 0.3) is 0 Å². The summed E-state index contributed by atoms with van der Waals surface area (Å²) in [6.07, 6.45) is 0. The highest BCUT2D eigenvalue weighted by Gasteiger charge is 2.52. The number of aromatic nitrogens is 2. The van der Waals surface area contributed by atoms with Crippen LogP contribution in [-0.2, 0) is 4.57 Å². The second-order valence-corrected chi connectivity index (χ2v) is 7.24. The Balaban J connectivity index is 1.86. The average molecular weight is 370 g/mol. The van der Waals surface area contributed by atoms with Gasteiger partial charge >= 0.3 is 19.1 Å². The molecular weight excluding hydrogens is 359 g/mol. The lowest BCUT2D eigenvalue weighted by molar-refractivity contribution is 0.173. The molecule has 3 heterocycles. The molecule has 1 aromatic heterocycles. The monoisotopic (exact) mass is 370 g/mol. The highest BCUT2D eigenvalue weighted by atomic mass is 31.2. The maximum atomic E-state index is 12.9. The smallest absolute Gasteiger partial charge is 0.373 e. The van der Waals surface area contributed by atoms with Crippen LogP contribution in [0.4, 0.5) is 0 Å². The molecule has 0 saturated heterocycles. The quantitative estimate of drug-likeness (QED) is 0.655. The Morgan fingerprint density at radius 2 is 1.42 bits per heavy atom. The molecule has 1 unspecified atom stereocenters. The highest BCUT2D eigenvalue weighted by molar-refractivity contribution is 7.50. The SMILES string of the molecule is O=c1c2c3n(C(c4ccccc4)c4ccccc4)c(=O)n1OP(=O)(O2)O3. The lowest BCUT2D eigenvalue weighted by Gasteiger charge is -2.22. The van der Waals surface area contributed by atoms with Gasteiger partial charge in [-0.2, -0.15) is 4.57 Å². The number of fused-ring (bicyclic) bond motifs is 2. The fourth-order valence-corrected chi connectivity index (χ4v) is 4.37. The van der Waals surface area contributed by atoms with E-state index in [1.54, 1.807) is 0 Å². The van der Waals surface area contributed by atoms with Crippen molar-refractivity contribution in [2.45, 2.75) is 6.04 Å². The minimum absolute atomic E-state index is 0.185. The maximum absolute atomic E-state index is 12.9. The Labute approximate surface area is 146 Å². The van der Waals surface area contributed by atoms with E-state index in [4.69, 9.17) is 13.7 Å². The first-order chi connectivity index (χ1) is 12.6. The van der Waals surface area contributed by atoms with Gasteiger partial charge in [-0.3, -0.25) is 9.42 Å². The minimum atomic E-state index is -4.04. The molecule has 130 valence electrons. The van der Waals surface area contributed by atoms with Gasteiger partial charge in [-0.25, -0.2) is 9.36 Å². The number of benzene rings is 2. The Morgan fingerprint density at radius 1 is 0.846 bits per heavy atom. The van der Waals surface area contributed by atoms with Crippen LogP contribution in [0.15, 0.2) is 70.3 Å². The van der Waals surface area contributed by atoms with Crippen LogP contribution in [0, 0.1) is 0 Å². The summed E-state index contributed by atoms with van der Waals surface area (Å²) in [7, 11) is -4.04. The van der Waals surface area contributed by atoms with Gasteiger partial charge in [-0.15, -0.1) is 0 Å². The zero-order valence-electron chi connectivity index (χ0n) is 13.1. The van der Waals surface area contributed by atoms with Crippen molar-refractivity contribution in [3.05, 3.63) is 92.6 Å². The fourth-order valence-electron chi connectivity index (χ4n) is 3.16. The standard InChI is InChI=1S/C17H11N2O6P/c20-15-14-16-18(17(21)19(15)25-26(22,23-14)24-16)13(11-7-3-1-4-8-11)12-9-5-2-6-10-12/h1-10,13H. The highest BCUT2D eigenvalue weighted by Crippen LogP contribution is 2.57. The lowest BCUT2D eigenvalue weighted by Crippen LogP contribution is -2.44. The van der Waals surface area contributed by atoms with Gasteiger partial charge in [0.15, 0.2) is 0 Å². The molecule has 0 fully saturated rings. The zero-order chi connectivity index (χ0) is 17.9. The predicted octanol–water partition coefficient (Wildman–Crippen LogP) is 1.97. The van der Waals surface area contributed by atoms with Crippen LogP contribution in [0.3, 0.4) is 0 Å². The third-order valence-electron chi connectivity index (χ3n) is 4.24. The van der Waals surface area contributed by atoms with Crippen LogP contribution >= 0.6 is 7.82 Å². The minimum Gasteiger partial charge on any atom is -0.373 e. The summed E-state index contributed by atoms with van der Waals surface area (Å²) in [6.45, 7) is 0. The molecule has 3 bridgehead atoms. The Morgan fingerprint density at radius 3 is 2.00 bits per heavy atom. The summed E-state index contributed by atoms with van der Waals surface area (Å²) in [6, 6.07) is 17.8. The van der Waals surface area contributed by atoms with Crippen LogP contribution in [0.2, 0.25) is 0 Å². The number of rotatable bonds is 3. The summed E-state index contributed by atoms with van der Waals surface area (Å²) in [5, 5.41) is 0. The molecule has 8 nitrogen and oxygen atoms in total. The molecule has 1 atom stereocenters. The lowest BCUT2D eigenvalue weighted by atomic mass is 9.98. The molecule has 0 aliphatic carbocycles. The van der Waals surface area contributed by atoms with Gasteiger partial charge in [0.25, 0.3) is 11.6 Å². The molecule has 5 rings (SSSR count). The number of phosphoric acid groups is 1. The van der Waals surface area contributed by atoms with Crippen LogP contribution in [-0.4, -0.2) is 9.30 Å². The normalized spacial score (nSPS) is 19.1. The van der Waals surface area contributed by atoms with E-state index in [0.717, 1.165) is 11.1 Å². The first kappa shape index (κ1) is 15.0. The molecule has 26 heavy (non-hydrogen) atoms. The van der Waals surface area contributed by atoms with Crippen molar-refractivity contribution in [2.24, 2.45) is 0 Å². The summed E-state index contributed by atoms with van der Waals surface area (Å²) >= 11 is 0. The second-order valence-electron chi connectivity index (χ2n) is 5.82. The Hall–Kier alpha value is -3.25. The van der Waals surface area contributed by atoms with E-state index < -0.39 is 25.1 Å². The molecule has 2 aromatic carbocycles. The van der Waals surface area contributed by atoms with Crippen molar-refractivity contribution >= 4 is 7.82 Å². The van der Waals surface area contributed by atoms with E-state index >= 15 is 0 Å². The Kier molecular flexibility index (Phi) is 2.96. The van der Waals surface area contributed by atoms with Gasteiger partial charge in [-0.05, 0) is 11.1 Å². The van der Waals surface area contributed by atoms with Crippen molar-refractivity contribution in [1.82, 2.24) is 9.30 Å². The number of phosphoric ester groups is 1. The van der Waals surface area contributed by atoms with Crippen molar-refractivity contribution in [2.75, 3.05) is 0 Å². The molecule has 0 N–H and O–H groups in total. The van der Waals surface area contributed by atoms with Gasteiger partial charge in [0.1, 0.15) is 0 Å². The van der Waals surface area contributed by atoms with Gasteiger partial charge in [-0.1, -0.05) is 65.4 Å². The average Bonchev–Trinajstić information content (AvgIpc) is 2.91. The van der Waals surface area contributed by atoms with E-state index in [-0.39, 0.29) is 11.6 Å². The van der Waals surface area contributed by atoms with E-state index in [9.17, 15) is 14.2 Å². The third kappa shape index (κ3) is 1.99. The molecule has 0 saturated carbocycles. The molecule has 2 aliphatic heterocycles. The number of hydrogen-bond donors (Lipinski definition) is 0. The van der Waals surface area contributed by atoms with Gasteiger partial charge in [0.2, 0.25) is 0 Å². The van der Waals surface area contributed by atoms with Crippen molar-refractivity contribution < 1.29 is 18.2 Å². The largest absolute Gasteiger partial charge is 0.668 e. The molecule has 0 spiro atoms. The van der Waals surface area contributed by atoms with Gasteiger partial charge < -0.3 is 9.05 Å². The van der Waals surface area contributed by atoms with Crippen LogP contribution in [0.1, 0.15) is 17.2 Å². The van der Waals surface area contributed by atoms with E-state index in [1.807, 2.05) is 60.7 Å². The second kappa shape index (κ2) is 5.12. The zero-order valence-corrected chi connectivity index (χ0v) is 14.0. The first-order valence-corrected chi connectivity index (χ1v) is 9.24. The molecule has 2 aliphatic rings. The summed E-state index contributed by atoms with van der Waals surface area (Å²) in [4.78, 5) is 25.1. The topological polar surface area (TPSA) is 88.8 Å². The maximum Gasteiger partial charge on any atom is 0.668 e. The fraction of sp³-hybridized carbons (Fsp3) is 0.0588. The van der Waals surface area contributed by atoms with E-state index in [0.29, 0.717) is 4.73 Å². The number of nitrogens with zero attached hydrogens (tertiary/aromatic N) is 2. The van der Waals surface area contributed by atoms with Crippen LogP contribution < -0.4 is 24.9 Å². The van der Waals surface area contributed by atoms with E-state index in [1.165, 1.54) is 4.57 Å². The summed E-state index contributed by atoms with van der Waals surface area (Å²) in [5.74, 6) is -0.467. The third-order valence-corrected chi connectivity index (χ3v) is 5.41. The van der Waals surface area contributed by atoms with Crippen LogP contribution in [0.5, 0.6) is 11.6 Å². The predicted molar refractivity (Wildman–Crippen MR) is 90.5 cm³/mol. The summed E-state index contributed by atoms with van der Waals surface area (Å²) in [5.41, 5.74) is -0.0570. The van der Waals surface area contributed by atoms with Gasteiger partial charge in [0, 0.05) is 0 Å². The van der Waals surface area contributed by atoms with Crippen molar-refractivity contribution in [1.29, 1.82) is 0 Å². The summed E-state index contributed by atoms with van der Waals surface area (Å²) < 4.78 is 29.2. The van der Waals surface area contributed by atoms with Gasteiger partial charge in [0.05, 0.1) is 6.04 Å². The van der Waals surface area contributed by atoms with Crippen molar-refractivity contribution in [3.8, 4) is 11.6 Å².